The molecular formula is C24H30N2O6S. The summed E-state index contributed by atoms with van der Waals surface area (Å²) in [6, 6.07) is 5.43. The predicted octanol–water partition coefficient (Wildman–Crippen LogP) is 3.69. The van der Waals surface area contributed by atoms with Crippen molar-refractivity contribution in [3.05, 3.63) is 58.4 Å². The Kier molecular flexibility index (Phi) is 7.76. The normalized spacial score (nSPS) is 14.0. The molecule has 1 aromatic heterocycles. The Labute approximate surface area is 194 Å². The highest BCUT2D eigenvalue weighted by molar-refractivity contribution is 7.89. The maximum atomic E-state index is 12.8. The van der Waals surface area contributed by atoms with Crippen molar-refractivity contribution in [2.75, 3.05) is 13.7 Å². The molecular weight excluding hydrogens is 444 g/mol. The number of primary sulfonamides is 1. The summed E-state index contributed by atoms with van der Waals surface area (Å²) < 4.78 is 35.6. The molecule has 0 atom stereocenters. The molecule has 9 heteroatoms. The van der Waals surface area contributed by atoms with Gasteiger partial charge in [0.05, 0.1) is 12.0 Å². The highest BCUT2D eigenvalue weighted by atomic mass is 32.2. The number of hydrogen-bond donors (Lipinski definition) is 1. The number of ketones is 1. The van der Waals surface area contributed by atoms with Crippen molar-refractivity contribution in [2.24, 2.45) is 5.14 Å². The summed E-state index contributed by atoms with van der Waals surface area (Å²) >= 11 is 0. The van der Waals surface area contributed by atoms with Gasteiger partial charge in [0.1, 0.15) is 11.3 Å². The second-order valence-electron chi connectivity index (χ2n) is 8.20. The highest BCUT2D eigenvalue weighted by Crippen LogP contribution is 2.25. The molecule has 1 heterocycles. The maximum Gasteiger partial charge on any atom is 0.342 e. The van der Waals surface area contributed by atoms with Crippen LogP contribution in [0.4, 0.5) is 0 Å². The minimum atomic E-state index is -4.02. The number of allylic oxidation sites excluding steroid dienone is 2. The van der Waals surface area contributed by atoms with E-state index in [1.807, 2.05) is 19.9 Å². The average Bonchev–Trinajstić information content (AvgIpc) is 3.08. The van der Waals surface area contributed by atoms with Crippen molar-refractivity contribution in [3.8, 4) is 5.75 Å². The van der Waals surface area contributed by atoms with Crippen LogP contribution in [0.1, 0.15) is 64.2 Å². The van der Waals surface area contributed by atoms with Gasteiger partial charge in [-0.25, -0.2) is 18.4 Å². The summed E-state index contributed by atoms with van der Waals surface area (Å²) in [5.74, 6) is -1.08. The Morgan fingerprint density at radius 1 is 1.12 bits per heavy atom. The smallest absolute Gasteiger partial charge is 0.342 e. The first-order chi connectivity index (χ1) is 15.6. The summed E-state index contributed by atoms with van der Waals surface area (Å²) in [5.41, 5.74) is 3.65. The molecule has 2 N–H and O–H groups in total. The standard InChI is InChI=1S/C24H30N2O6S/c1-16-13-20(17(2)26(16)12-11-18-7-5-4-6-8-18)22(27)15-32-24(28)21-14-19(33(25,29)30)9-10-23(21)31-3/h7,9-10,13-14H,4-6,8,11-12,15H2,1-3H3,(H2,25,29,30). The summed E-state index contributed by atoms with van der Waals surface area (Å²) in [4.78, 5) is 25.1. The molecule has 3 rings (SSSR count). The molecule has 0 aliphatic heterocycles. The van der Waals surface area contributed by atoms with E-state index in [2.05, 4.69) is 10.6 Å². The second-order valence-corrected chi connectivity index (χ2v) is 9.76. The Hall–Kier alpha value is -2.91. The van der Waals surface area contributed by atoms with Crippen molar-refractivity contribution in [1.29, 1.82) is 0 Å². The molecule has 33 heavy (non-hydrogen) atoms. The number of nitrogens with two attached hydrogens (primary N) is 1. The van der Waals surface area contributed by atoms with E-state index in [-0.39, 0.29) is 22.0 Å². The molecule has 0 amide bonds. The van der Waals surface area contributed by atoms with E-state index < -0.39 is 22.6 Å². The second kappa shape index (κ2) is 10.4. The first-order valence-electron chi connectivity index (χ1n) is 10.9. The minimum Gasteiger partial charge on any atom is -0.496 e. The number of nitrogens with zero attached hydrogens (tertiary/aromatic N) is 1. The van der Waals surface area contributed by atoms with Crippen molar-refractivity contribution in [3.63, 3.8) is 0 Å². The van der Waals surface area contributed by atoms with Gasteiger partial charge in [0, 0.05) is 23.5 Å². The van der Waals surface area contributed by atoms with Gasteiger partial charge in [-0.05, 0) is 70.2 Å². The topological polar surface area (TPSA) is 118 Å². The van der Waals surface area contributed by atoms with Crippen molar-refractivity contribution in [2.45, 2.75) is 57.4 Å². The van der Waals surface area contributed by atoms with Gasteiger partial charge in [-0.3, -0.25) is 4.79 Å². The van der Waals surface area contributed by atoms with Gasteiger partial charge in [0.15, 0.2) is 6.61 Å². The molecule has 1 aliphatic carbocycles. The zero-order valence-electron chi connectivity index (χ0n) is 19.2. The van der Waals surface area contributed by atoms with Gasteiger partial charge in [0.25, 0.3) is 0 Å². The van der Waals surface area contributed by atoms with Crippen LogP contribution in [-0.4, -0.2) is 38.5 Å². The summed E-state index contributed by atoms with van der Waals surface area (Å²) in [7, 11) is -2.68. The van der Waals surface area contributed by atoms with Gasteiger partial charge in [-0.2, -0.15) is 0 Å². The lowest BCUT2D eigenvalue weighted by Gasteiger charge is -2.15. The fourth-order valence-electron chi connectivity index (χ4n) is 4.12. The number of aryl methyl sites for hydroxylation is 1. The molecule has 0 bridgehead atoms. The quantitative estimate of drug-likeness (QED) is 0.336. The van der Waals surface area contributed by atoms with Crippen molar-refractivity contribution < 1.29 is 27.5 Å². The van der Waals surface area contributed by atoms with E-state index in [4.69, 9.17) is 14.6 Å². The van der Waals surface area contributed by atoms with Gasteiger partial charge in [0.2, 0.25) is 15.8 Å². The van der Waals surface area contributed by atoms with Crippen molar-refractivity contribution in [1.82, 2.24) is 4.57 Å². The van der Waals surface area contributed by atoms with Crippen LogP contribution < -0.4 is 9.88 Å². The SMILES string of the molecule is COc1ccc(S(N)(=O)=O)cc1C(=O)OCC(=O)c1cc(C)n(CCC2=CCCCC2)c1C. The number of hydrogen-bond acceptors (Lipinski definition) is 6. The Morgan fingerprint density at radius 3 is 2.52 bits per heavy atom. The van der Waals surface area contributed by atoms with Crippen LogP contribution in [0.3, 0.4) is 0 Å². The van der Waals surface area contributed by atoms with Gasteiger partial charge in [-0.15, -0.1) is 0 Å². The number of carbonyl (C=O) groups excluding carboxylic acids is 2. The van der Waals surface area contributed by atoms with Crippen LogP contribution >= 0.6 is 0 Å². The lowest BCUT2D eigenvalue weighted by Crippen LogP contribution is -2.17. The third-order valence-electron chi connectivity index (χ3n) is 5.97. The van der Waals surface area contributed by atoms with E-state index in [1.54, 1.807) is 0 Å². The Bertz CT molecular complexity index is 1190. The molecule has 178 valence electrons. The Morgan fingerprint density at radius 2 is 1.88 bits per heavy atom. The van der Waals surface area contributed by atoms with E-state index in [0.717, 1.165) is 43.3 Å². The van der Waals surface area contributed by atoms with Crippen LogP contribution in [0.25, 0.3) is 0 Å². The zero-order valence-corrected chi connectivity index (χ0v) is 20.0. The average molecular weight is 475 g/mol. The third-order valence-corrected chi connectivity index (χ3v) is 6.88. The first-order valence-corrected chi connectivity index (χ1v) is 12.4. The number of methoxy groups -OCH3 is 1. The fourth-order valence-corrected chi connectivity index (χ4v) is 4.66. The van der Waals surface area contributed by atoms with Crippen LogP contribution in [0, 0.1) is 13.8 Å². The number of aromatic nitrogens is 1. The molecule has 0 saturated heterocycles. The zero-order chi connectivity index (χ0) is 24.2. The molecule has 0 fully saturated rings. The number of ether oxygens (including phenoxy) is 2. The molecule has 0 spiro atoms. The van der Waals surface area contributed by atoms with E-state index >= 15 is 0 Å². The summed E-state index contributed by atoms with van der Waals surface area (Å²) in [6.07, 6.45) is 8.04. The number of esters is 1. The van der Waals surface area contributed by atoms with Crippen LogP contribution in [0.2, 0.25) is 0 Å². The minimum absolute atomic E-state index is 0.120. The number of sulfonamides is 1. The van der Waals surface area contributed by atoms with Crippen LogP contribution in [-0.2, 0) is 21.3 Å². The Balaban J connectivity index is 1.70. The van der Waals surface area contributed by atoms with E-state index in [1.165, 1.54) is 37.7 Å². The number of Topliss-reactive ketones (excluding diaryl/α,β-unsaturated/α-hetero) is 1. The highest BCUT2D eigenvalue weighted by Gasteiger charge is 2.21. The molecule has 1 aromatic carbocycles. The van der Waals surface area contributed by atoms with Gasteiger partial charge >= 0.3 is 5.97 Å². The third kappa shape index (κ3) is 5.91. The maximum absolute atomic E-state index is 12.8. The largest absolute Gasteiger partial charge is 0.496 e. The summed E-state index contributed by atoms with van der Waals surface area (Å²) in [5, 5.41) is 5.14. The monoisotopic (exact) mass is 474 g/mol. The number of carbonyl (C=O) groups is 2. The summed E-state index contributed by atoms with van der Waals surface area (Å²) in [6.45, 7) is 4.16. The van der Waals surface area contributed by atoms with Crippen molar-refractivity contribution >= 4 is 21.8 Å². The first kappa shape index (κ1) is 24.7. The molecule has 0 saturated carbocycles. The molecule has 0 unspecified atom stereocenters. The number of benzene rings is 1. The molecule has 8 nitrogen and oxygen atoms in total. The molecule has 1 aliphatic rings. The van der Waals surface area contributed by atoms with Crippen LogP contribution in [0.5, 0.6) is 5.75 Å². The predicted molar refractivity (Wildman–Crippen MR) is 124 cm³/mol. The van der Waals surface area contributed by atoms with E-state index in [9.17, 15) is 18.0 Å². The van der Waals surface area contributed by atoms with Crippen LogP contribution in [0.15, 0.2) is 40.8 Å². The lowest BCUT2D eigenvalue weighted by molar-refractivity contribution is 0.0471. The fraction of sp³-hybridized carbons (Fsp3) is 0.417. The number of rotatable bonds is 9. The molecule has 2 aromatic rings. The molecule has 0 radical (unpaired) electrons. The van der Waals surface area contributed by atoms with E-state index in [0.29, 0.717) is 5.56 Å². The van der Waals surface area contributed by atoms with Gasteiger partial charge < -0.3 is 14.0 Å². The lowest BCUT2D eigenvalue weighted by atomic mass is 9.97. The van der Waals surface area contributed by atoms with Gasteiger partial charge in [-0.1, -0.05) is 11.6 Å².